The van der Waals surface area contributed by atoms with Crippen LogP contribution in [0.1, 0.15) is 37.8 Å². The van der Waals surface area contributed by atoms with Gasteiger partial charge in [-0.05, 0) is 26.8 Å². The topological polar surface area (TPSA) is 49.5 Å². The van der Waals surface area contributed by atoms with E-state index in [4.69, 9.17) is 9.52 Å². The van der Waals surface area contributed by atoms with Crippen LogP contribution in [0.2, 0.25) is 0 Å². The van der Waals surface area contributed by atoms with Crippen molar-refractivity contribution in [3.8, 4) is 0 Å². The lowest BCUT2D eigenvalue weighted by Crippen LogP contribution is -2.27. The zero-order chi connectivity index (χ0) is 11.5. The fraction of sp³-hybridized carbons (Fsp3) is 0.750. The standard InChI is InChI=1S/C12H20N2O2/c1-9(2)14-5-3-10(8-14)12-13-7-11(16-12)4-6-15/h7,9-10,15H,3-6,8H2,1-2H3. The second-order valence-electron chi connectivity index (χ2n) is 4.71. The summed E-state index contributed by atoms with van der Waals surface area (Å²) in [4.78, 5) is 6.75. The Labute approximate surface area is 96.3 Å². The molecule has 1 fully saturated rings. The van der Waals surface area contributed by atoms with Crippen molar-refractivity contribution in [2.24, 2.45) is 0 Å². The van der Waals surface area contributed by atoms with Gasteiger partial charge in [-0.2, -0.15) is 0 Å². The first kappa shape index (κ1) is 11.6. The van der Waals surface area contributed by atoms with Crippen LogP contribution < -0.4 is 0 Å². The lowest BCUT2D eigenvalue weighted by molar-refractivity contribution is 0.265. The Morgan fingerprint density at radius 1 is 1.62 bits per heavy atom. The monoisotopic (exact) mass is 224 g/mol. The molecular formula is C12H20N2O2. The molecule has 1 N–H and O–H groups in total. The molecule has 0 amide bonds. The van der Waals surface area contributed by atoms with Crippen LogP contribution in [0.3, 0.4) is 0 Å². The lowest BCUT2D eigenvalue weighted by Gasteiger charge is -2.19. The second-order valence-corrected chi connectivity index (χ2v) is 4.71. The molecule has 16 heavy (non-hydrogen) atoms. The first-order valence-electron chi connectivity index (χ1n) is 6.00. The number of aromatic nitrogens is 1. The third-order valence-electron chi connectivity index (χ3n) is 3.23. The van der Waals surface area contributed by atoms with Gasteiger partial charge in [-0.15, -0.1) is 0 Å². The highest BCUT2D eigenvalue weighted by Gasteiger charge is 2.28. The van der Waals surface area contributed by atoms with Crippen LogP contribution in [0.5, 0.6) is 0 Å². The first-order valence-corrected chi connectivity index (χ1v) is 6.00. The molecular weight excluding hydrogens is 204 g/mol. The minimum Gasteiger partial charge on any atom is -0.445 e. The largest absolute Gasteiger partial charge is 0.445 e. The molecule has 1 aliphatic heterocycles. The van der Waals surface area contributed by atoms with Gasteiger partial charge in [0.2, 0.25) is 0 Å². The molecule has 0 aromatic carbocycles. The van der Waals surface area contributed by atoms with Gasteiger partial charge >= 0.3 is 0 Å². The van der Waals surface area contributed by atoms with Gasteiger partial charge in [0.25, 0.3) is 0 Å². The van der Waals surface area contributed by atoms with Gasteiger partial charge in [-0.3, -0.25) is 0 Å². The third kappa shape index (κ3) is 2.44. The van der Waals surface area contributed by atoms with Crippen molar-refractivity contribution < 1.29 is 9.52 Å². The van der Waals surface area contributed by atoms with Gasteiger partial charge in [-0.25, -0.2) is 4.98 Å². The number of oxazole rings is 1. The molecule has 2 heterocycles. The Hall–Kier alpha value is -0.870. The first-order chi connectivity index (χ1) is 7.70. The summed E-state index contributed by atoms with van der Waals surface area (Å²) < 4.78 is 5.64. The number of hydrogen-bond acceptors (Lipinski definition) is 4. The molecule has 1 saturated heterocycles. The normalized spacial score (nSPS) is 22.1. The molecule has 0 bridgehead atoms. The van der Waals surface area contributed by atoms with Crippen LogP contribution in [-0.2, 0) is 6.42 Å². The van der Waals surface area contributed by atoms with Gasteiger partial charge in [-0.1, -0.05) is 0 Å². The molecule has 1 unspecified atom stereocenters. The maximum Gasteiger partial charge on any atom is 0.198 e. The van der Waals surface area contributed by atoms with Crippen LogP contribution >= 0.6 is 0 Å². The summed E-state index contributed by atoms with van der Waals surface area (Å²) in [6.07, 6.45) is 3.43. The van der Waals surface area contributed by atoms with Crippen molar-refractivity contribution in [1.82, 2.24) is 9.88 Å². The van der Waals surface area contributed by atoms with Gasteiger partial charge in [0.15, 0.2) is 5.89 Å². The predicted molar refractivity (Wildman–Crippen MR) is 61.4 cm³/mol. The fourth-order valence-electron chi connectivity index (χ4n) is 2.20. The number of hydrogen-bond donors (Lipinski definition) is 1. The van der Waals surface area contributed by atoms with Crippen molar-refractivity contribution in [1.29, 1.82) is 0 Å². The van der Waals surface area contributed by atoms with E-state index in [9.17, 15) is 0 Å². The Morgan fingerprint density at radius 3 is 3.06 bits per heavy atom. The van der Waals surface area contributed by atoms with Crippen LogP contribution in [0.4, 0.5) is 0 Å². The third-order valence-corrected chi connectivity index (χ3v) is 3.23. The van der Waals surface area contributed by atoms with Crippen LogP contribution in [0.15, 0.2) is 10.6 Å². The molecule has 0 aliphatic carbocycles. The molecule has 0 radical (unpaired) electrons. The van der Waals surface area contributed by atoms with E-state index in [0.29, 0.717) is 18.4 Å². The molecule has 2 rings (SSSR count). The summed E-state index contributed by atoms with van der Waals surface area (Å²) >= 11 is 0. The smallest absolute Gasteiger partial charge is 0.198 e. The molecule has 4 nitrogen and oxygen atoms in total. The van der Waals surface area contributed by atoms with Crippen molar-refractivity contribution in [2.45, 2.75) is 38.6 Å². The van der Waals surface area contributed by atoms with Crippen molar-refractivity contribution in [2.75, 3.05) is 19.7 Å². The fourth-order valence-corrected chi connectivity index (χ4v) is 2.20. The molecule has 0 saturated carbocycles. The minimum atomic E-state index is 0.122. The predicted octanol–water partition coefficient (Wildman–Crippen LogP) is 1.41. The van der Waals surface area contributed by atoms with Gasteiger partial charge in [0.1, 0.15) is 5.76 Å². The Balaban J connectivity index is 1.97. The Bertz CT molecular complexity index is 336. The van der Waals surface area contributed by atoms with E-state index < -0.39 is 0 Å². The van der Waals surface area contributed by atoms with Crippen molar-refractivity contribution >= 4 is 0 Å². The maximum absolute atomic E-state index is 8.81. The van der Waals surface area contributed by atoms with Gasteiger partial charge < -0.3 is 14.4 Å². The summed E-state index contributed by atoms with van der Waals surface area (Å²) in [5.41, 5.74) is 0. The van der Waals surface area contributed by atoms with E-state index in [-0.39, 0.29) is 6.61 Å². The highest BCUT2D eigenvalue weighted by atomic mass is 16.4. The highest BCUT2D eigenvalue weighted by Crippen LogP contribution is 2.27. The molecule has 0 spiro atoms. The van der Waals surface area contributed by atoms with Crippen LogP contribution in [-0.4, -0.2) is 40.7 Å². The van der Waals surface area contributed by atoms with Crippen molar-refractivity contribution in [3.05, 3.63) is 17.8 Å². The summed E-state index contributed by atoms with van der Waals surface area (Å²) in [7, 11) is 0. The number of aliphatic hydroxyl groups excluding tert-OH is 1. The Kier molecular flexibility index (Phi) is 3.61. The van der Waals surface area contributed by atoms with Crippen LogP contribution in [0, 0.1) is 0 Å². The van der Waals surface area contributed by atoms with E-state index in [1.807, 2.05) is 0 Å². The van der Waals surface area contributed by atoms with Gasteiger partial charge in [0.05, 0.1) is 12.8 Å². The molecule has 90 valence electrons. The number of aliphatic hydroxyl groups is 1. The summed E-state index contributed by atoms with van der Waals surface area (Å²) in [5, 5.41) is 8.81. The summed E-state index contributed by atoms with van der Waals surface area (Å²) in [6, 6.07) is 0.594. The maximum atomic E-state index is 8.81. The van der Waals surface area contributed by atoms with Gasteiger partial charge in [0, 0.05) is 24.9 Å². The summed E-state index contributed by atoms with van der Waals surface area (Å²) in [5.74, 6) is 2.06. The highest BCUT2D eigenvalue weighted by molar-refractivity contribution is 5.02. The zero-order valence-electron chi connectivity index (χ0n) is 10.0. The van der Waals surface area contributed by atoms with E-state index in [1.54, 1.807) is 6.20 Å². The molecule has 1 aromatic heterocycles. The second kappa shape index (κ2) is 4.97. The number of rotatable bonds is 4. The SMILES string of the molecule is CC(C)N1CCC(c2ncc(CCO)o2)C1. The minimum absolute atomic E-state index is 0.122. The molecule has 1 atom stereocenters. The Morgan fingerprint density at radius 2 is 2.44 bits per heavy atom. The zero-order valence-corrected chi connectivity index (χ0v) is 10.0. The average molecular weight is 224 g/mol. The van der Waals surface area contributed by atoms with E-state index >= 15 is 0 Å². The molecule has 1 aromatic rings. The quantitative estimate of drug-likeness (QED) is 0.840. The van der Waals surface area contributed by atoms with E-state index in [2.05, 4.69) is 23.7 Å². The lowest BCUT2D eigenvalue weighted by atomic mass is 10.1. The number of nitrogens with zero attached hydrogens (tertiary/aromatic N) is 2. The van der Waals surface area contributed by atoms with Crippen LogP contribution in [0.25, 0.3) is 0 Å². The molecule has 4 heteroatoms. The number of likely N-dealkylation sites (tertiary alicyclic amines) is 1. The molecule has 1 aliphatic rings. The van der Waals surface area contributed by atoms with Crippen molar-refractivity contribution in [3.63, 3.8) is 0 Å². The van der Waals surface area contributed by atoms with E-state index in [1.165, 1.54) is 0 Å². The average Bonchev–Trinajstić information content (AvgIpc) is 2.84. The van der Waals surface area contributed by atoms with E-state index in [0.717, 1.165) is 31.2 Å². The summed E-state index contributed by atoms with van der Waals surface area (Å²) in [6.45, 7) is 6.72.